The van der Waals surface area contributed by atoms with E-state index in [4.69, 9.17) is 0 Å². The number of anilines is 1. The van der Waals surface area contributed by atoms with Gasteiger partial charge in [-0.05, 0) is 49.9 Å². The molecule has 0 saturated carbocycles. The molecule has 136 valence electrons. The number of nitrogens with one attached hydrogen (secondary N) is 1. The maximum atomic E-state index is 13.0. The van der Waals surface area contributed by atoms with E-state index in [1.807, 2.05) is 0 Å². The number of rotatable bonds is 4. The van der Waals surface area contributed by atoms with Gasteiger partial charge in [0.15, 0.2) is 0 Å². The van der Waals surface area contributed by atoms with Gasteiger partial charge in [0.1, 0.15) is 5.82 Å². The zero-order chi connectivity index (χ0) is 17.8. The summed E-state index contributed by atoms with van der Waals surface area (Å²) in [5.74, 6) is -0.428. The molecule has 2 aliphatic heterocycles. The Morgan fingerprint density at radius 2 is 2.04 bits per heavy atom. The topological polar surface area (TPSA) is 72.9 Å². The van der Waals surface area contributed by atoms with Crippen LogP contribution in [0.3, 0.4) is 0 Å². The molecular weight excluding hydrogens is 325 g/mol. The van der Waals surface area contributed by atoms with Crippen LogP contribution in [-0.2, 0) is 4.79 Å². The summed E-state index contributed by atoms with van der Waals surface area (Å²) in [6, 6.07) is 5.41. The van der Waals surface area contributed by atoms with Crippen LogP contribution in [0.25, 0.3) is 0 Å². The second-order valence-corrected chi connectivity index (χ2v) is 6.69. The minimum atomic E-state index is -0.347. The van der Waals surface area contributed by atoms with Crippen LogP contribution in [0.5, 0.6) is 0 Å². The van der Waals surface area contributed by atoms with Crippen molar-refractivity contribution in [2.75, 3.05) is 24.6 Å². The minimum absolute atomic E-state index is 0.0593. The number of piperidine rings is 1. The Hall–Kier alpha value is -2.15. The fourth-order valence-corrected chi connectivity index (χ4v) is 3.65. The van der Waals surface area contributed by atoms with Crippen molar-refractivity contribution in [2.24, 2.45) is 0 Å². The van der Waals surface area contributed by atoms with Crippen LogP contribution in [0, 0.1) is 5.82 Å². The number of carbonyl (C=O) groups excluding carboxylic acids is 2. The molecule has 1 aromatic carbocycles. The molecule has 0 spiro atoms. The molecule has 0 bridgehead atoms. The third-order valence-electron chi connectivity index (χ3n) is 4.94. The molecule has 0 radical (unpaired) electrons. The van der Waals surface area contributed by atoms with Gasteiger partial charge in [0.05, 0.1) is 6.04 Å². The van der Waals surface area contributed by atoms with E-state index in [2.05, 4.69) is 5.32 Å². The molecule has 6 nitrogen and oxygen atoms in total. The van der Waals surface area contributed by atoms with E-state index in [1.165, 1.54) is 12.1 Å². The van der Waals surface area contributed by atoms with E-state index in [0.29, 0.717) is 25.2 Å². The number of aliphatic hydroxyl groups excluding tert-OH is 1. The number of hydrogen-bond donors (Lipinski definition) is 2. The Bertz CT molecular complexity index is 620. The molecule has 3 amide bonds. The van der Waals surface area contributed by atoms with Crippen LogP contribution in [0.15, 0.2) is 24.3 Å². The van der Waals surface area contributed by atoms with Crippen molar-refractivity contribution >= 4 is 17.6 Å². The second-order valence-electron chi connectivity index (χ2n) is 6.69. The van der Waals surface area contributed by atoms with Crippen molar-refractivity contribution in [2.45, 2.75) is 44.2 Å². The first-order valence-electron chi connectivity index (χ1n) is 8.82. The van der Waals surface area contributed by atoms with Gasteiger partial charge in [0, 0.05) is 37.8 Å². The van der Waals surface area contributed by atoms with Crippen LogP contribution in [0.1, 0.15) is 32.1 Å². The lowest BCUT2D eigenvalue weighted by Gasteiger charge is -2.36. The van der Waals surface area contributed by atoms with Crippen molar-refractivity contribution < 1.29 is 19.1 Å². The van der Waals surface area contributed by atoms with E-state index < -0.39 is 0 Å². The molecule has 25 heavy (non-hydrogen) atoms. The van der Waals surface area contributed by atoms with Crippen LogP contribution in [0.4, 0.5) is 14.9 Å². The summed E-state index contributed by atoms with van der Waals surface area (Å²) in [6.45, 7) is 1.13. The Morgan fingerprint density at radius 3 is 2.76 bits per heavy atom. The van der Waals surface area contributed by atoms with E-state index in [0.717, 1.165) is 19.3 Å². The average molecular weight is 349 g/mol. The van der Waals surface area contributed by atoms with Gasteiger partial charge < -0.3 is 20.2 Å². The summed E-state index contributed by atoms with van der Waals surface area (Å²) < 4.78 is 13.0. The number of halogens is 1. The van der Waals surface area contributed by atoms with Crippen molar-refractivity contribution in [3.8, 4) is 0 Å². The molecule has 2 heterocycles. The third kappa shape index (κ3) is 4.10. The Balaban J connectivity index is 1.60. The summed E-state index contributed by atoms with van der Waals surface area (Å²) in [6.07, 6.45) is 3.75. The predicted molar refractivity (Wildman–Crippen MR) is 91.7 cm³/mol. The van der Waals surface area contributed by atoms with E-state index >= 15 is 0 Å². The Labute approximate surface area is 146 Å². The molecule has 2 saturated heterocycles. The maximum absolute atomic E-state index is 13.0. The number of carbonyl (C=O) groups is 2. The minimum Gasteiger partial charge on any atom is -0.396 e. The van der Waals surface area contributed by atoms with Gasteiger partial charge in [-0.2, -0.15) is 0 Å². The van der Waals surface area contributed by atoms with Crippen LogP contribution >= 0.6 is 0 Å². The summed E-state index contributed by atoms with van der Waals surface area (Å²) >= 11 is 0. The molecule has 1 aromatic rings. The first kappa shape index (κ1) is 17.7. The zero-order valence-electron chi connectivity index (χ0n) is 14.2. The SMILES string of the molecule is O=C1C[C@H](NC(=O)N2CCCC[C@@H]2CCO)CN1c1ccc(F)cc1. The average Bonchev–Trinajstić information content (AvgIpc) is 2.96. The lowest BCUT2D eigenvalue weighted by Crippen LogP contribution is -2.52. The lowest BCUT2D eigenvalue weighted by atomic mass is 10.00. The molecule has 2 N–H and O–H groups in total. The Kier molecular flexibility index (Phi) is 5.53. The monoisotopic (exact) mass is 349 g/mol. The van der Waals surface area contributed by atoms with Gasteiger partial charge in [0.2, 0.25) is 5.91 Å². The number of benzene rings is 1. The highest BCUT2D eigenvalue weighted by atomic mass is 19.1. The highest BCUT2D eigenvalue weighted by molar-refractivity contribution is 5.96. The van der Waals surface area contributed by atoms with Gasteiger partial charge in [-0.25, -0.2) is 9.18 Å². The van der Waals surface area contributed by atoms with Crippen LogP contribution in [-0.4, -0.2) is 53.7 Å². The molecule has 2 fully saturated rings. The maximum Gasteiger partial charge on any atom is 0.317 e. The smallest absolute Gasteiger partial charge is 0.317 e. The standard InChI is InChI=1S/C18H24FN3O3/c19-13-4-6-16(7-5-13)22-12-14(11-17(22)24)20-18(25)21-9-2-1-3-15(21)8-10-23/h4-7,14-15,23H,1-3,8-12H2,(H,20,25)/t14-,15+/m0/s1. The molecule has 0 aliphatic carbocycles. The molecule has 2 aliphatic rings. The molecule has 0 unspecified atom stereocenters. The van der Waals surface area contributed by atoms with Crippen LogP contribution < -0.4 is 10.2 Å². The van der Waals surface area contributed by atoms with Gasteiger partial charge in [-0.1, -0.05) is 0 Å². The molecular formula is C18H24FN3O3. The van der Waals surface area contributed by atoms with E-state index in [1.54, 1.807) is 21.9 Å². The molecule has 2 atom stereocenters. The highest BCUT2D eigenvalue weighted by Gasteiger charge is 2.34. The molecule has 0 aromatic heterocycles. The normalized spacial score (nSPS) is 23.8. The van der Waals surface area contributed by atoms with Crippen molar-refractivity contribution in [1.82, 2.24) is 10.2 Å². The predicted octanol–water partition coefficient (Wildman–Crippen LogP) is 1.88. The number of hydrogen-bond acceptors (Lipinski definition) is 3. The largest absolute Gasteiger partial charge is 0.396 e. The lowest BCUT2D eigenvalue weighted by molar-refractivity contribution is -0.117. The van der Waals surface area contributed by atoms with E-state index in [-0.39, 0.29) is 42.9 Å². The molecule has 3 rings (SSSR count). The third-order valence-corrected chi connectivity index (χ3v) is 4.94. The van der Waals surface area contributed by atoms with Crippen molar-refractivity contribution in [3.05, 3.63) is 30.1 Å². The van der Waals surface area contributed by atoms with Gasteiger partial charge in [-0.15, -0.1) is 0 Å². The summed E-state index contributed by atoms with van der Waals surface area (Å²) in [7, 11) is 0. The summed E-state index contributed by atoms with van der Waals surface area (Å²) in [4.78, 5) is 28.2. The fraction of sp³-hybridized carbons (Fsp3) is 0.556. The first-order valence-corrected chi connectivity index (χ1v) is 8.82. The van der Waals surface area contributed by atoms with Crippen molar-refractivity contribution in [3.63, 3.8) is 0 Å². The first-order chi connectivity index (χ1) is 12.1. The van der Waals surface area contributed by atoms with Gasteiger partial charge in [-0.3, -0.25) is 4.79 Å². The fourth-order valence-electron chi connectivity index (χ4n) is 3.65. The number of likely N-dealkylation sites (tertiary alicyclic amines) is 1. The van der Waals surface area contributed by atoms with Gasteiger partial charge in [0.25, 0.3) is 0 Å². The van der Waals surface area contributed by atoms with Crippen LogP contribution in [0.2, 0.25) is 0 Å². The second kappa shape index (κ2) is 7.82. The van der Waals surface area contributed by atoms with E-state index in [9.17, 15) is 19.1 Å². The number of amides is 3. The highest BCUT2D eigenvalue weighted by Crippen LogP contribution is 2.23. The Morgan fingerprint density at radius 1 is 1.28 bits per heavy atom. The summed E-state index contributed by atoms with van der Waals surface area (Å²) in [5, 5.41) is 12.1. The number of nitrogens with zero attached hydrogens (tertiary/aromatic N) is 2. The molecule has 7 heteroatoms. The number of urea groups is 1. The number of aliphatic hydroxyl groups is 1. The zero-order valence-corrected chi connectivity index (χ0v) is 14.2. The van der Waals surface area contributed by atoms with Gasteiger partial charge >= 0.3 is 6.03 Å². The quantitative estimate of drug-likeness (QED) is 0.872. The summed E-state index contributed by atoms with van der Waals surface area (Å²) in [5.41, 5.74) is 0.638. The van der Waals surface area contributed by atoms with Crippen molar-refractivity contribution in [1.29, 1.82) is 0 Å².